The SMILES string of the molecule is Cc1ccc(S(=O)(=O)C2=C(Cl)C(=O)c3ncccc3C2=O)cc1. The van der Waals surface area contributed by atoms with Gasteiger partial charge in [-0.05, 0) is 31.2 Å². The summed E-state index contributed by atoms with van der Waals surface area (Å²) in [6, 6.07) is 8.77. The van der Waals surface area contributed by atoms with E-state index in [9.17, 15) is 18.0 Å². The highest BCUT2D eigenvalue weighted by atomic mass is 35.5. The van der Waals surface area contributed by atoms with Gasteiger partial charge in [-0.3, -0.25) is 14.6 Å². The summed E-state index contributed by atoms with van der Waals surface area (Å²) < 4.78 is 25.5. The zero-order chi connectivity index (χ0) is 16.8. The molecule has 3 rings (SSSR count). The smallest absolute Gasteiger partial charge is 0.224 e. The Kier molecular flexibility index (Phi) is 3.66. The number of halogens is 1. The molecule has 2 aromatic rings. The molecule has 1 aliphatic rings. The van der Waals surface area contributed by atoms with E-state index in [2.05, 4.69) is 4.98 Å². The average Bonchev–Trinajstić information content (AvgIpc) is 2.53. The predicted molar refractivity (Wildman–Crippen MR) is 84.1 cm³/mol. The lowest BCUT2D eigenvalue weighted by Crippen LogP contribution is -2.26. The number of nitrogens with zero attached hydrogens (tertiary/aromatic N) is 1. The van der Waals surface area contributed by atoms with Gasteiger partial charge < -0.3 is 0 Å². The first-order chi connectivity index (χ1) is 10.8. The van der Waals surface area contributed by atoms with E-state index >= 15 is 0 Å². The molecule has 23 heavy (non-hydrogen) atoms. The predicted octanol–water partition coefficient (Wildman–Crippen LogP) is 2.69. The van der Waals surface area contributed by atoms with Gasteiger partial charge in [0.2, 0.25) is 21.4 Å². The van der Waals surface area contributed by atoms with E-state index in [1.165, 1.54) is 30.5 Å². The number of benzene rings is 1. The van der Waals surface area contributed by atoms with Crippen molar-refractivity contribution >= 4 is 33.0 Å². The quantitative estimate of drug-likeness (QED) is 0.834. The summed E-state index contributed by atoms with van der Waals surface area (Å²) in [4.78, 5) is 27.8. The Hall–Kier alpha value is -2.31. The molecule has 0 bridgehead atoms. The van der Waals surface area contributed by atoms with Crippen LogP contribution in [0.4, 0.5) is 0 Å². The van der Waals surface area contributed by atoms with Gasteiger partial charge in [0.15, 0.2) is 0 Å². The maximum absolute atomic E-state index is 12.7. The van der Waals surface area contributed by atoms with Crippen molar-refractivity contribution in [2.75, 3.05) is 0 Å². The first kappa shape index (κ1) is 15.6. The zero-order valence-electron chi connectivity index (χ0n) is 11.9. The lowest BCUT2D eigenvalue weighted by Gasteiger charge is -2.17. The van der Waals surface area contributed by atoms with Crippen LogP contribution in [0.15, 0.2) is 57.4 Å². The third-order valence-corrected chi connectivity index (χ3v) is 5.76. The highest BCUT2D eigenvalue weighted by Crippen LogP contribution is 2.33. The van der Waals surface area contributed by atoms with Gasteiger partial charge in [-0.25, -0.2) is 8.42 Å². The first-order valence-corrected chi connectivity index (χ1v) is 8.46. The highest BCUT2D eigenvalue weighted by molar-refractivity contribution is 7.96. The Balaban J connectivity index is 2.23. The number of aryl methyl sites for hydroxylation is 1. The van der Waals surface area contributed by atoms with E-state index < -0.39 is 31.3 Å². The van der Waals surface area contributed by atoms with Gasteiger partial charge in [0, 0.05) is 6.20 Å². The molecule has 116 valence electrons. The Bertz CT molecular complexity index is 975. The second kappa shape index (κ2) is 5.40. The van der Waals surface area contributed by atoms with Crippen LogP contribution in [0.1, 0.15) is 26.4 Å². The van der Waals surface area contributed by atoms with Crippen LogP contribution >= 0.6 is 11.6 Å². The van der Waals surface area contributed by atoms with Crippen molar-refractivity contribution in [1.82, 2.24) is 4.98 Å². The molecule has 0 spiro atoms. The molecule has 0 unspecified atom stereocenters. The number of Topliss-reactive ketones (excluding diaryl/α,β-unsaturated/α-hetero) is 2. The largest absolute Gasteiger partial charge is 0.288 e. The van der Waals surface area contributed by atoms with Crippen molar-refractivity contribution in [1.29, 1.82) is 0 Å². The van der Waals surface area contributed by atoms with Crippen LogP contribution in [0.5, 0.6) is 0 Å². The number of carbonyl (C=O) groups excluding carboxylic acids is 2. The number of fused-ring (bicyclic) bond motifs is 1. The summed E-state index contributed by atoms with van der Waals surface area (Å²) in [6.45, 7) is 1.81. The van der Waals surface area contributed by atoms with Crippen LogP contribution in [-0.4, -0.2) is 25.0 Å². The molecule has 1 aromatic heterocycles. The fraction of sp³-hybridized carbons (Fsp3) is 0.0625. The first-order valence-electron chi connectivity index (χ1n) is 6.60. The minimum absolute atomic E-state index is 0.0624. The Morgan fingerprint density at radius 2 is 1.65 bits per heavy atom. The summed E-state index contributed by atoms with van der Waals surface area (Å²) in [5.74, 6) is -1.59. The second-order valence-electron chi connectivity index (χ2n) is 5.02. The number of hydrogen-bond acceptors (Lipinski definition) is 5. The van der Waals surface area contributed by atoms with E-state index in [0.29, 0.717) is 0 Å². The van der Waals surface area contributed by atoms with E-state index in [4.69, 9.17) is 11.6 Å². The lowest BCUT2D eigenvalue weighted by molar-refractivity contribution is 0.0983. The number of sulfone groups is 1. The number of pyridine rings is 1. The molecular formula is C16H10ClNO4S. The molecule has 7 heteroatoms. The Morgan fingerprint density at radius 1 is 1.00 bits per heavy atom. The minimum Gasteiger partial charge on any atom is -0.288 e. The van der Waals surface area contributed by atoms with Gasteiger partial charge in [-0.15, -0.1) is 0 Å². The van der Waals surface area contributed by atoms with Crippen LogP contribution in [-0.2, 0) is 9.84 Å². The number of carbonyl (C=O) groups is 2. The zero-order valence-corrected chi connectivity index (χ0v) is 13.5. The van der Waals surface area contributed by atoms with Crippen LogP contribution in [0.2, 0.25) is 0 Å². The van der Waals surface area contributed by atoms with Crippen LogP contribution in [0.25, 0.3) is 0 Å². The van der Waals surface area contributed by atoms with E-state index in [1.54, 1.807) is 19.1 Å². The molecule has 0 aliphatic heterocycles. The number of allylic oxidation sites excluding steroid dienone is 2. The maximum atomic E-state index is 12.7. The molecule has 1 aromatic carbocycles. The van der Waals surface area contributed by atoms with Gasteiger partial charge in [0.25, 0.3) is 0 Å². The fourth-order valence-electron chi connectivity index (χ4n) is 2.27. The Morgan fingerprint density at radius 3 is 2.30 bits per heavy atom. The van der Waals surface area contributed by atoms with E-state index in [1.807, 2.05) is 0 Å². The molecular weight excluding hydrogens is 338 g/mol. The normalized spacial score (nSPS) is 14.9. The molecule has 0 atom stereocenters. The van der Waals surface area contributed by atoms with Gasteiger partial charge in [-0.1, -0.05) is 29.3 Å². The second-order valence-corrected chi connectivity index (χ2v) is 7.28. The topological polar surface area (TPSA) is 81.2 Å². The third-order valence-electron chi connectivity index (χ3n) is 3.47. The summed E-state index contributed by atoms with van der Waals surface area (Å²) in [7, 11) is -4.20. The van der Waals surface area contributed by atoms with Gasteiger partial charge in [0.05, 0.1) is 10.5 Å². The third kappa shape index (κ3) is 2.40. The summed E-state index contributed by atoms with van der Waals surface area (Å²) in [5.41, 5.74) is 0.669. The molecule has 0 fully saturated rings. The van der Waals surface area contributed by atoms with E-state index in [-0.39, 0.29) is 16.2 Å². The van der Waals surface area contributed by atoms with Crippen molar-refractivity contribution in [2.45, 2.75) is 11.8 Å². The molecule has 1 aliphatic carbocycles. The summed E-state index contributed by atoms with van der Waals surface area (Å²) >= 11 is 5.91. The number of rotatable bonds is 2. The molecule has 0 radical (unpaired) electrons. The van der Waals surface area contributed by atoms with Gasteiger partial charge in [0.1, 0.15) is 15.6 Å². The van der Waals surface area contributed by atoms with Crippen molar-refractivity contribution in [3.63, 3.8) is 0 Å². The van der Waals surface area contributed by atoms with Crippen LogP contribution in [0.3, 0.4) is 0 Å². The standard InChI is InChI=1S/C16H10ClNO4S/c1-9-4-6-10(7-5-9)23(21,22)16-12(17)15(20)13-11(14(16)19)3-2-8-18-13/h2-8H,1H3. The van der Waals surface area contributed by atoms with Gasteiger partial charge in [-0.2, -0.15) is 0 Å². The van der Waals surface area contributed by atoms with E-state index in [0.717, 1.165) is 5.56 Å². The van der Waals surface area contributed by atoms with Crippen LogP contribution < -0.4 is 0 Å². The minimum atomic E-state index is -4.20. The molecule has 0 saturated carbocycles. The maximum Gasteiger partial charge on any atom is 0.224 e. The number of ketones is 2. The number of aromatic nitrogens is 1. The van der Waals surface area contributed by atoms with Crippen LogP contribution in [0, 0.1) is 6.92 Å². The van der Waals surface area contributed by atoms with Crippen molar-refractivity contribution < 1.29 is 18.0 Å². The van der Waals surface area contributed by atoms with Crippen molar-refractivity contribution in [3.8, 4) is 0 Å². The van der Waals surface area contributed by atoms with Crippen molar-refractivity contribution in [2.24, 2.45) is 0 Å². The molecule has 0 saturated heterocycles. The molecule has 5 nitrogen and oxygen atoms in total. The summed E-state index contributed by atoms with van der Waals surface area (Å²) in [6.07, 6.45) is 1.34. The number of hydrogen-bond donors (Lipinski definition) is 0. The summed E-state index contributed by atoms with van der Waals surface area (Å²) in [5, 5.41) is -0.623. The highest BCUT2D eigenvalue weighted by Gasteiger charge is 2.39. The molecule has 0 amide bonds. The van der Waals surface area contributed by atoms with Gasteiger partial charge >= 0.3 is 0 Å². The lowest BCUT2D eigenvalue weighted by atomic mass is 10.00. The Labute approximate surface area is 137 Å². The average molecular weight is 348 g/mol. The van der Waals surface area contributed by atoms with Crippen molar-refractivity contribution in [3.05, 3.63) is 69.4 Å². The monoisotopic (exact) mass is 347 g/mol. The molecule has 1 heterocycles. The molecule has 0 N–H and O–H groups in total. The fourth-order valence-corrected chi connectivity index (χ4v) is 4.17.